The highest BCUT2D eigenvalue weighted by Gasteiger charge is 2.26. The Morgan fingerprint density at radius 1 is 1.03 bits per heavy atom. The Kier molecular flexibility index (Phi) is 4.19. The van der Waals surface area contributed by atoms with Crippen LogP contribution in [0.25, 0.3) is 33.4 Å². The molecule has 0 N–H and O–H groups in total. The fourth-order valence-corrected chi connectivity index (χ4v) is 4.22. The number of nitrogens with zero attached hydrogens (tertiary/aromatic N) is 4. The van der Waals surface area contributed by atoms with Crippen molar-refractivity contribution >= 4 is 10.9 Å². The van der Waals surface area contributed by atoms with Crippen molar-refractivity contribution in [3.05, 3.63) is 54.0 Å². The van der Waals surface area contributed by atoms with Crippen molar-refractivity contribution in [2.24, 2.45) is 0 Å². The lowest BCUT2D eigenvalue weighted by molar-refractivity contribution is 0.358. The number of aryl methyl sites for hydroxylation is 2. The molecule has 0 bridgehead atoms. The topological polar surface area (TPSA) is 62.1 Å². The summed E-state index contributed by atoms with van der Waals surface area (Å²) in [6.07, 6.45) is 3.94. The average Bonchev–Trinajstić information content (AvgIpc) is 3.33. The van der Waals surface area contributed by atoms with Crippen LogP contribution in [-0.2, 0) is 13.0 Å². The van der Waals surface area contributed by atoms with E-state index >= 15 is 0 Å². The molecule has 0 saturated carbocycles. The van der Waals surface area contributed by atoms with E-state index in [1.165, 1.54) is 5.69 Å². The lowest BCUT2D eigenvalue weighted by Gasteiger charge is -2.13. The van der Waals surface area contributed by atoms with Gasteiger partial charge in [-0.2, -0.15) is 5.10 Å². The summed E-state index contributed by atoms with van der Waals surface area (Å²) in [5.74, 6) is 1.32. The number of benzene rings is 1. The summed E-state index contributed by atoms with van der Waals surface area (Å²) in [5, 5.41) is 5.95. The van der Waals surface area contributed by atoms with E-state index in [1.54, 1.807) is 14.2 Å². The van der Waals surface area contributed by atoms with Crippen molar-refractivity contribution in [1.82, 2.24) is 19.7 Å². The highest BCUT2D eigenvalue weighted by atomic mass is 16.5. The van der Waals surface area contributed by atoms with E-state index in [-0.39, 0.29) is 0 Å². The van der Waals surface area contributed by atoms with Gasteiger partial charge in [-0.25, -0.2) is 0 Å². The summed E-state index contributed by atoms with van der Waals surface area (Å²) in [6, 6.07) is 12.1. The quantitative estimate of drug-likeness (QED) is 0.519. The van der Waals surface area contributed by atoms with Crippen LogP contribution >= 0.6 is 0 Å². The van der Waals surface area contributed by atoms with Gasteiger partial charge in [0.25, 0.3) is 0 Å². The molecule has 1 aromatic carbocycles. The fraction of sp³-hybridized carbons (Fsp3) is 0.261. The first-order valence-corrected chi connectivity index (χ1v) is 9.75. The minimum atomic E-state index is 0.644. The Hall–Kier alpha value is -3.41. The van der Waals surface area contributed by atoms with Crippen LogP contribution in [0.1, 0.15) is 17.8 Å². The number of ether oxygens (including phenoxy) is 2. The van der Waals surface area contributed by atoms with Crippen molar-refractivity contribution in [3.8, 4) is 34.0 Å². The van der Waals surface area contributed by atoms with Gasteiger partial charge in [0.05, 0.1) is 19.9 Å². The van der Waals surface area contributed by atoms with Crippen molar-refractivity contribution in [2.45, 2.75) is 26.3 Å². The van der Waals surface area contributed by atoms with E-state index < -0.39 is 0 Å². The second-order valence-electron chi connectivity index (χ2n) is 7.22. The van der Waals surface area contributed by atoms with Crippen LogP contribution in [0.4, 0.5) is 0 Å². The van der Waals surface area contributed by atoms with Crippen molar-refractivity contribution in [1.29, 1.82) is 0 Å². The third kappa shape index (κ3) is 2.75. The molecule has 0 unspecified atom stereocenters. The van der Waals surface area contributed by atoms with E-state index in [2.05, 4.69) is 15.7 Å². The SMILES string of the molecule is COc1ccc2c(-c3c(-c4cccc(C)n4)nn4c3CCC4)ccnc2c1OC. The third-order valence-corrected chi connectivity index (χ3v) is 5.50. The molecular formula is C23H22N4O2. The highest BCUT2D eigenvalue weighted by Crippen LogP contribution is 2.43. The van der Waals surface area contributed by atoms with Crippen LogP contribution in [0.5, 0.6) is 11.5 Å². The molecule has 0 amide bonds. The second-order valence-corrected chi connectivity index (χ2v) is 7.22. The van der Waals surface area contributed by atoms with Crippen LogP contribution in [0, 0.1) is 6.92 Å². The predicted octanol–water partition coefficient (Wildman–Crippen LogP) is 4.43. The molecule has 29 heavy (non-hydrogen) atoms. The number of hydrogen-bond donors (Lipinski definition) is 0. The first-order valence-electron chi connectivity index (χ1n) is 9.75. The zero-order valence-electron chi connectivity index (χ0n) is 16.8. The van der Waals surface area contributed by atoms with Gasteiger partial charge in [-0.05, 0) is 55.7 Å². The Morgan fingerprint density at radius 2 is 1.93 bits per heavy atom. The molecular weight excluding hydrogens is 364 g/mol. The maximum absolute atomic E-state index is 5.62. The van der Waals surface area contributed by atoms with E-state index in [1.807, 2.05) is 43.5 Å². The molecule has 0 radical (unpaired) electrons. The van der Waals surface area contributed by atoms with Crippen LogP contribution in [0.15, 0.2) is 42.6 Å². The Bertz CT molecular complexity index is 1230. The molecule has 0 spiro atoms. The van der Waals surface area contributed by atoms with Gasteiger partial charge >= 0.3 is 0 Å². The molecule has 0 fully saturated rings. The molecule has 146 valence electrons. The summed E-state index contributed by atoms with van der Waals surface area (Å²) < 4.78 is 13.2. The fourth-order valence-electron chi connectivity index (χ4n) is 4.22. The van der Waals surface area contributed by atoms with Crippen molar-refractivity contribution in [3.63, 3.8) is 0 Å². The minimum Gasteiger partial charge on any atom is -0.493 e. The zero-order valence-corrected chi connectivity index (χ0v) is 16.8. The molecule has 6 heteroatoms. The zero-order chi connectivity index (χ0) is 20.0. The van der Waals surface area contributed by atoms with Gasteiger partial charge in [0.1, 0.15) is 11.2 Å². The standard InChI is InChI=1S/C23H22N4O2/c1-14-6-4-7-17(25-14)22-20(18-8-5-13-27(18)26-22)15-11-12-24-21-16(15)9-10-19(28-2)23(21)29-3/h4,6-7,9-12H,5,8,13H2,1-3H3. The van der Waals surface area contributed by atoms with Gasteiger partial charge in [0.2, 0.25) is 0 Å². The van der Waals surface area contributed by atoms with Gasteiger partial charge in [-0.1, -0.05) is 6.07 Å². The lowest BCUT2D eigenvalue weighted by atomic mass is 9.96. The van der Waals surface area contributed by atoms with Crippen molar-refractivity contribution < 1.29 is 9.47 Å². The molecule has 3 aromatic heterocycles. The predicted molar refractivity (Wildman–Crippen MR) is 112 cm³/mol. The minimum absolute atomic E-state index is 0.644. The third-order valence-electron chi connectivity index (χ3n) is 5.50. The smallest absolute Gasteiger partial charge is 0.187 e. The number of rotatable bonds is 4. The molecule has 5 rings (SSSR count). The van der Waals surface area contributed by atoms with Crippen LogP contribution in [0.3, 0.4) is 0 Å². The number of pyridine rings is 2. The summed E-state index contributed by atoms with van der Waals surface area (Å²) in [7, 11) is 3.28. The van der Waals surface area contributed by atoms with Crippen LogP contribution < -0.4 is 9.47 Å². The Labute approximate surface area is 169 Å². The Balaban J connectivity index is 1.82. The van der Waals surface area contributed by atoms with Gasteiger partial charge in [-0.15, -0.1) is 0 Å². The number of methoxy groups -OCH3 is 2. The molecule has 1 aliphatic rings. The molecule has 1 aliphatic heterocycles. The second kappa shape index (κ2) is 6.88. The van der Waals surface area contributed by atoms with E-state index in [0.717, 1.165) is 58.5 Å². The van der Waals surface area contributed by atoms with E-state index in [0.29, 0.717) is 11.5 Å². The normalized spacial score (nSPS) is 12.9. The van der Waals surface area contributed by atoms with Gasteiger partial charge in [0, 0.05) is 35.1 Å². The van der Waals surface area contributed by atoms with Crippen LogP contribution in [-0.4, -0.2) is 34.0 Å². The maximum atomic E-state index is 5.62. The molecule has 6 nitrogen and oxygen atoms in total. The van der Waals surface area contributed by atoms with Gasteiger partial charge in [0.15, 0.2) is 11.5 Å². The molecule has 4 heterocycles. The summed E-state index contributed by atoms with van der Waals surface area (Å²) in [4.78, 5) is 9.34. The van der Waals surface area contributed by atoms with Crippen molar-refractivity contribution in [2.75, 3.05) is 14.2 Å². The number of fused-ring (bicyclic) bond motifs is 2. The first kappa shape index (κ1) is 17.7. The number of aromatic nitrogens is 4. The summed E-state index contributed by atoms with van der Waals surface area (Å²) >= 11 is 0. The van der Waals surface area contributed by atoms with Gasteiger partial charge < -0.3 is 9.47 Å². The van der Waals surface area contributed by atoms with E-state index in [9.17, 15) is 0 Å². The lowest BCUT2D eigenvalue weighted by Crippen LogP contribution is -1.96. The first-order chi connectivity index (χ1) is 14.2. The monoisotopic (exact) mass is 386 g/mol. The molecule has 4 aromatic rings. The molecule has 0 atom stereocenters. The molecule has 0 aliphatic carbocycles. The average molecular weight is 386 g/mol. The largest absolute Gasteiger partial charge is 0.493 e. The van der Waals surface area contributed by atoms with E-state index in [4.69, 9.17) is 19.6 Å². The molecule has 0 saturated heterocycles. The maximum Gasteiger partial charge on any atom is 0.187 e. The number of hydrogen-bond acceptors (Lipinski definition) is 5. The highest BCUT2D eigenvalue weighted by molar-refractivity contribution is 6.01. The summed E-state index contributed by atoms with van der Waals surface area (Å²) in [6.45, 7) is 2.94. The van der Waals surface area contributed by atoms with Gasteiger partial charge in [-0.3, -0.25) is 14.6 Å². The summed E-state index contributed by atoms with van der Waals surface area (Å²) in [5.41, 5.74) is 7.07. The van der Waals surface area contributed by atoms with Crippen LogP contribution in [0.2, 0.25) is 0 Å². The Morgan fingerprint density at radius 3 is 2.72 bits per heavy atom.